The van der Waals surface area contributed by atoms with Crippen molar-refractivity contribution in [1.29, 1.82) is 0 Å². The molecule has 2 fully saturated rings. The number of likely N-dealkylation sites (tertiary alicyclic amines) is 1. The molecule has 0 aromatic heterocycles. The fourth-order valence-corrected chi connectivity index (χ4v) is 7.01. The van der Waals surface area contributed by atoms with Crippen LogP contribution < -0.4 is 5.32 Å². The lowest BCUT2D eigenvalue weighted by Gasteiger charge is -2.40. The van der Waals surface area contributed by atoms with E-state index in [1.54, 1.807) is 6.07 Å². The van der Waals surface area contributed by atoms with Gasteiger partial charge in [0, 0.05) is 48.0 Å². The number of carbonyl (C=O) groups excluding carboxylic acids is 2. The van der Waals surface area contributed by atoms with Gasteiger partial charge in [-0.05, 0) is 36.5 Å². The van der Waals surface area contributed by atoms with Gasteiger partial charge in [0.05, 0.1) is 6.04 Å². The van der Waals surface area contributed by atoms with Gasteiger partial charge in [-0.1, -0.05) is 51.4 Å². The molecule has 8 nitrogen and oxygen atoms in total. The van der Waals surface area contributed by atoms with E-state index in [9.17, 15) is 29.4 Å². The Kier molecular flexibility index (Phi) is 9.47. The van der Waals surface area contributed by atoms with Crippen molar-refractivity contribution >= 4 is 56.8 Å². The van der Waals surface area contributed by atoms with Gasteiger partial charge in [-0.25, -0.2) is 9.59 Å². The topological polar surface area (TPSA) is 124 Å². The quantitative estimate of drug-likeness (QED) is 0.294. The van der Waals surface area contributed by atoms with Crippen LogP contribution >= 0.6 is 33.2 Å². The zero-order valence-corrected chi connectivity index (χ0v) is 21.0. The molecule has 1 amide bonds. The summed E-state index contributed by atoms with van der Waals surface area (Å²) in [4.78, 5) is 49.7. The van der Waals surface area contributed by atoms with Gasteiger partial charge >= 0.3 is 11.9 Å². The molecule has 3 N–H and O–H groups in total. The largest absolute Gasteiger partial charge is 0.480 e. The highest BCUT2D eigenvalue weighted by molar-refractivity contribution is 8.77. The van der Waals surface area contributed by atoms with E-state index in [1.165, 1.54) is 28.5 Å². The van der Waals surface area contributed by atoms with Crippen LogP contribution in [0.5, 0.6) is 0 Å². The van der Waals surface area contributed by atoms with Crippen LogP contribution in [0.1, 0.15) is 31.7 Å². The third-order valence-corrected chi connectivity index (χ3v) is 8.92. The first-order chi connectivity index (χ1) is 16.2. The van der Waals surface area contributed by atoms with Gasteiger partial charge in [0.25, 0.3) is 0 Å². The number of carbonyl (C=O) groups is 4. The van der Waals surface area contributed by atoms with E-state index in [4.69, 9.17) is 11.6 Å². The number of Topliss-reactive ketones (excluding diaryl/α,β-unsaturated/α-hetero) is 1. The Hall–Kier alpha value is -2.01. The normalized spacial score (nSPS) is 22.8. The van der Waals surface area contributed by atoms with Gasteiger partial charge in [0.1, 0.15) is 6.04 Å². The minimum Gasteiger partial charge on any atom is -0.480 e. The first kappa shape index (κ1) is 26.6. The highest BCUT2D eigenvalue weighted by Gasteiger charge is 2.44. The van der Waals surface area contributed by atoms with Crippen LogP contribution in [-0.4, -0.2) is 68.4 Å². The lowest BCUT2D eigenvalue weighted by Crippen LogP contribution is -2.50. The van der Waals surface area contributed by atoms with Crippen molar-refractivity contribution < 1.29 is 29.4 Å². The van der Waals surface area contributed by atoms with Crippen LogP contribution in [0.15, 0.2) is 35.9 Å². The fourth-order valence-electron chi connectivity index (χ4n) is 3.94. The van der Waals surface area contributed by atoms with Crippen molar-refractivity contribution in [2.45, 2.75) is 50.1 Å². The molecule has 0 bridgehead atoms. The summed E-state index contributed by atoms with van der Waals surface area (Å²) in [6, 6.07) is 5.67. The van der Waals surface area contributed by atoms with Crippen molar-refractivity contribution in [2.75, 3.05) is 12.3 Å². The number of hydrogen-bond acceptors (Lipinski definition) is 7. The Balaban J connectivity index is 1.80. The Bertz CT molecular complexity index is 984. The number of piperidine rings is 1. The van der Waals surface area contributed by atoms with Crippen molar-refractivity contribution in [1.82, 2.24) is 10.2 Å². The van der Waals surface area contributed by atoms with Gasteiger partial charge in [0.2, 0.25) is 5.91 Å². The van der Waals surface area contributed by atoms with Crippen molar-refractivity contribution in [3.63, 3.8) is 0 Å². The highest BCUT2D eigenvalue weighted by atomic mass is 35.5. The summed E-state index contributed by atoms with van der Waals surface area (Å²) < 4.78 is 0. The molecule has 34 heavy (non-hydrogen) atoms. The Morgan fingerprint density at radius 1 is 1.21 bits per heavy atom. The number of amides is 1. The van der Waals surface area contributed by atoms with Gasteiger partial charge in [-0.3, -0.25) is 14.5 Å². The summed E-state index contributed by atoms with van der Waals surface area (Å²) in [6.07, 6.45) is 3.33. The molecule has 0 spiro atoms. The van der Waals surface area contributed by atoms with E-state index < -0.39 is 29.9 Å². The van der Waals surface area contributed by atoms with Crippen LogP contribution in [-0.2, 0) is 25.7 Å². The number of rotatable bonds is 11. The maximum absolute atomic E-state index is 13.3. The number of benzene rings is 1. The van der Waals surface area contributed by atoms with Crippen LogP contribution in [0.25, 0.3) is 0 Å². The Morgan fingerprint density at radius 2 is 1.91 bits per heavy atom. The van der Waals surface area contributed by atoms with Gasteiger partial charge < -0.3 is 15.5 Å². The molecule has 3 rings (SSSR count). The summed E-state index contributed by atoms with van der Waals surface area (Å²) >= 11 is 6.35. The van der Waals surface area contributed by atoms with E-state index in [0.717, 1.165) is 24.5 Å². The van der Waals surface area contributed by atoms with Gasteiger partial charge in [0.15, 0.2) is 5.78 Å². The van der Waals surface area contributed by atoms with Crippen molar-refractivity contribution in [2.24, 2.45) is 5.92 Å². The number of nitrogens with zero attached hydrogens (tertiary/aromatic N) is 1. The first-order valence-corrected chi connectivity index (χ1v) is 13.7. The summed E-state index contributed by atoms with van der Waals surface area (Å²) in [6.45, 7) is 2.25. The third kappa shape index (κ3) is 7.24. The smallest absolute Gasteiger partial charge is 0.328 e. The maximum atomic E-state index is 13.3. The fraction of sp³-hybridized carbons (Fsp3) is 0.478. The van der Waals surface area contributed by atoms with Gasteiger partial charge in [-0.15, -0.1) is 0 Å². The predicted molar refractivity (Wildman–Crippen MR) is 133 cm³/mol. The zero-order valence-electron chi connectivity index (χ0n) is 18.6. The Morgan fingerprint density at radius 3 is 2.50 bits per heavy atom. The van der Waals surface area contributed by atoms with E-state index in [-0.39, 0.29) is 22.7 Å². The number of aliphatic carboxylic acids is 2. The monoisotopic (exact) mass is 526 g/mol. The van der Waals surface area contributed by atoms with Crippen LogP contribution in [0, 0.1) is 5.92 Å². The molecule has 1 heterocycles. The standard InChI is InChI=1S/C23H27ClN2O6S2/c1-13(27)25-18(23(31)32)12-33-34-19-8-9-26(11-15-4-2-3-5-17(15)24)21(16(19)10-20(28)29)22(30)14-6-7-14/h2-5,10,14,18-19,21H,6-9,11-12H2,1H3,(H,25,27)(H,28,29)(H,31,32)/b16-10+/t18-,19?,21?/m0/s1. The minimum absolute atomic E-state index is 0.0245. The van der Waals surface area contributed by atoms with E-state index in [2.05, 4.69) is 5.32 Å². The average molecular weight is 527 g/mol. The summed E-state index contributed by atoms with van der Waals surface area (Å²) in [5.41, 5.74) is 1.39. The van der Waals surface area contributed by atoms with E-state index in [0.29, 0.717) is 30.1 Å². The second kappa shape index (κ2) is 12.1. The lowest BCUT2D eigenvalue weighted by atomic mass is 9.89. The van der Waals surface area contributed by atoms with Gasteiger partial charge in [-0.2, -0.15) is 0 Å². The molecule has 1 aromatic rings. The second-order valence-corrected chi connectivity index (χ2v) is 11.4. The summed E-state index contributed by atoms with van der Waals surface area (Å²) in [7, 11) is 2.60. The molecule has 11 heteroatoms. The molecule has 1 saturated carbocycles. The SMILES string of the molecule is CC(=O)N[C@@H](CSSC1CCN(Cc2ccccc2Cl)C(C(=O)C2CC2)/C1=C/C(=O)O)C(=O)O. The van der Waals surface area contributed by atoms with Crippen molar-refractivity contribution in [3.05, 3.63) is 46.5 Å². The Labute approximate surface area is 210 Å². The molecule has 1 aliphatic carbocycles. The first-order valence-electron chi connectivity index (χ1n) is 10.9. The third-order valence-electron chi connectivity index (χ3n) is 5.70. The molecule has 1 saturated heterocycles. The number of hydrogen-bond donors (Lipinski definition) is 3. The molecular weight excluding hydrogens is 500 g/mol. The van der Waals surface area contributed by atoms with Crippen LogP contribution in [0.3, 0.4) is 0 Å². The van der Waals surface area contributed by atoms with E-state index >= 15 is 0 Å². The molecular formula is C23H27ClN2O6S2. The van der Waals surface area contributed by atoms with Crippen LogP contribution in [0.4, 0.5) is 0 Å². The number of carboxylic acids is 2. The minimum atomic E-state index is -1.14. The molecule has 184 valence electrons. The molecule has 3 atom stereocenters. The van der Waals surface area contributed by atoms with Crippen LogP contribution in [0.2, 0.25) is 5.02 Å². The molecule has 0 radical (unpaired) electrons. The second-order valence-electron chi connectivity index (χ2n) is 8.37. The zero-order chi connectivity index (χ0) is 24.8. The maximum Gasteiger partial charge on any atom is 0.328 e. The molecule has 2 unspecified atom stereocenters. The summed E-state index contributed by atoms with van der Waals surface area (Å²) in [5, 5.41) is 21.6. The number of ketones is 1. The lowest BCUT2D eigenvalue weighted by molar-refractivity contribution is -0.140. The molecule has 1 aliphatic heterocycles. The van der Waals surface area contributed by atoms with Crippen molar-refractivity contribution in [3.8, 4) is 0 Å². The molecule has 1 aromatic carbocycles. The number of nitrogens with one attached hydrogen (secondary N) is 1. The highest BCUT2D eigenvalue weighted by Crippen LogP contribution is 2.43. The number of halogens is 1. The number of carboxylic acid groups (broad SMARTS) is 2. The molecule has 2 aliphatic rings. The summed E-state index contributed by atoms with van der Waals surface area (Å²) in [5.74, 6) is -2.63. The predicted octanol–water partition coefficient (Wildman–Crippen LogP) is 3.24. The average Bonchev–Trinajstić information content (AvgIpc) is 3.60. The van der Waals surface area contributed by atoms with E-state index in [1.807, 2.05) is 23.1 Å².